The maximum atomic E-state index is 14.0. The van der Waals surface area contributed by atoms with E-state index in [1.807, 2.05) is 12.3 Å². The quantitative estimate of drug-likeness (QED) is 0.334. The Labute approximate surface area is 231 Å². The highest BCUT2D eigenvalue weighted by Crippen LogP contribution is 2.49. The summed E-state index contributed by atoms with van der Waals surface area (Å²) in [6.45, 7) is 4.75. The fourth-order valence-electron chi connectivity index (χ4n) is 6.01. The van der Waals surface area contributed by atoms with E-state index in [0.29, 0.717) is 29.5 Å². The number of allylic oxidation sites excluding steroid dienone is 2. The van der Waals surface area contributed by atoms with E-state index >= 15 is 0 Å². The number of fused-ring (bicyclic) bond motifs is 3. The predicted octanol–water partition coefficient (Wildman–Crippen LogP) is 4.55. The average molecular weight is 547 g/mol. The van der Waals surface area contributed by atoms with Gasteiger partial charge in [0.15, 0.2) is 0 Å². The zero-order chi connectivity index (χ0) is 27.3. The van der Waals surface area contributed by atoms with Crippen molar-refractivity contribution in [1.82, 2.24) is 20.0 Å². The molecule has 1 aromatic heterocycles. The molecule has 2 N–H and O–H groups in total. The Bertz CT molecular complexity index is 1460. The lowest BCUT2D eigenvalue weighted by molar-refractivity contribution is 0.00735. The third-order valence-electron chi connectivity index (χ3n) is 7.87. The lowest BCUT2D eigenvalue weighted by atomic mass is 9.97. The van der Waals surface area contributed by atoms with Crippen LogP contribution in [0.3, 0.4) is 0 Å². The molecule has 2 amide bonds. The van der Waals surface area contributed by atoms with Gasteiger partial charge in [-0.15, -0.1) is 11.8 Å². The van der Waals surface area contributed by atoms with E-state index in [9.17, 15) is 19.1 Å². The number of amides is 2. The minimum absolute atomic E-state index is 0.0510. The van der Waals surface area contributed by atoms with Crippen molar-refractivity contribution in [2.45, 2.75) is 63.1 Å². The second kappa shape index (κ2) is 10.0. The van der Waals surface area contributed by atoms with Gasteiger partial charge < -0.3 is 5.11 Å². The van der Waals surface area contributed by atoms with Gasteiger partial charge in [0.1, 0.15) is 11.5 Å². The summed E-state index contributed by atoms with van der Waals surface area (Å²) >= 11 is 1.69. The highest BCUT2D eigenvalue weighted by atomic mass is 32.2. The van der Waals surface area contributed by atoms with Gasteiger partial charge in [0.25, 0.3) is 11.8 Å². The Hall–Kier alpha value is -3.27. The summed E-state index contributed by atoms with van der Waals surface area (Å²) in [6, 6.07) is 12.6. The van der Waals surface area contributed by atoms with E-state index in [0.717, 1.165) is 30.6 Å². The molecule has 9 heteroatoms. The van der Waals surface area contributed by atoms with Crippen LogP contribution >= 0.6 is 11.8 Å². The molecule has 0 bridgehead atoms. The first kappa shape index (κ1) is 26.0. The van der Waals surface area contributed by atoms with Crippen molar-refractivity contribution in [1.29, 1.82) is 0 Å². The van der Waals surface area contributed by atoms with Crippen LogP contribution in [0.4, 0.5) is 4.39 Å². The third-order valence-corrected chi connectivity index (χ3v) is 9.51. The number of aryl methyl sites for hydroxylation is 2. The first-order valence-electron chi connectivity index (χ1n) is 13.3. The number of carbonyl (C=O) groups excluding carboxylic acids is 2. The molecule has 202 valence electrons. The Morgan fingerprint density at radius 1 is 1.18 bits per heavy atom. The van der Waals surface area contributed by atoms with Crippen molar-refractivity contribution < 1.29 is 19.1 Å². The molecule has 3 aromatic rings. The molecular formula is C30H31FN4O3S. The van der Waals surface area contributed by atoms with Gasteiger partial charge in [-0.1, -0.05) is 24.3 Å². The number of nitrogens with one attached hydrogen (secondary N) is 1. The number of hydrogen-bond acceptors (Lipinski definition) is 6. The molecule has 3 atom stereocenters. The average Bonchev–Trinajstić information content (AvgIpc) is 3.52. The van der Waals surface area contributed by atoms with Crippen molar-refractivity contribution in [2.24, 2.45) is 0 Å². The molecule has 3 aliphatic rings. The van der Waals surface area contributed by atoms with Gasteiger partial charge in [-0.3, -0.25) is 24.5 Å². The summed E-state index contributed by atoms with van der Waals surface area (Å²) < 4.78 is 16.1. The van der Waals surface area contributed by atoms with Gasteiger partial charge in [0.05, 0.1) is 28.3 Å². The molecule has 0 fully saturated rings. The standard InChI is InChI=1S/C30H31FN4O3S/c1-18-16-32-35-12-6-11-25-24(27(18)35)15-26(39-25)30(2,38)33-21(14-19-7-5-8-20(31)13-19)17-34-28(36)22-9-3-4-10-23(22)29(34)37/h3-5,7-10,13,16,21,26,33,38H,6,11-12,14-15,17H2,1-2H3/t21-,26?,30?/m0/s1. The zero-order valence-corrected chi connectivity index (χ0v) is 22.8. The Kier molecular flexibility index (Phi) is 6.69. The smallest absolute Gasteiger partial charge is 0.261 e. The number of hydrogen-bond donors (Lipinski definition) is 2. The topological polar surface area (TPSA) is 87.5 Å². The van der Waals surface area contributed by atoms with E-state index in [4.69, 9.17) is 0 Å². The Morgan fingerprint density at radius 2 is 1.92 bits per heavy atom. The molecule has 39 heavy (non-hydrogen) atoms. The maximum absolute atomic E-state index is 14.0. The van der Waals surface area contributed by atoms with E-state index in [-0.39, 0.29) is 29.4 Å². The monoisotopic (exact) mass is 546 g/mol. The number of aromatic nitrogens is 2. The van der Waals surface area contributed by atoms with E-state index in [2.05, 4.69) is 22.0 Å². The number of carbonyl (C=O) groups is 2. The maximum Gasteiger partial charge on any atom is 0.261 e. The molecular weight excluding hydrogens is 515 g/mol. The minimum atomic E-state index is -1.33. The lowest BCUT2D eigenvalue weighted by Gasteiger charge is -2.36. The number of benzene rings is 2. The molecule has 0 saturated carbocycles. The first-order valence-corrected chi connectivity index (χ1v) is 14.2. The molecule has 2 aromatic carbocycles. The lowest BCUT2D eigenvalue weighted by Crippen LogP contribution is -2.58. The Balaban J connectivity index is 1.25. The molecule has 2 unspecified atom stereocenters. The van der Waals surface area contributed by atoms with Crippen LogP contribution in [0.2, 0.25) is 0 Å². The van der Waals surface area contributed by atoms with Gasteiger partial charge in [0, 0.05) is 19.1 Å². The van der Waals surface area contributed by atoms with E-state index in [1.165, 1.54) is 27.5 Å². The third kappa shape index (κ3) is 4.83. The van der Waals surface area contributed by atoms with Crippen molar-refractivity contribution in [2.75, 3.05) is 6.54 Å². The largest absolute Gasteiger partial charge is 0.375 e. The van der Waals surface area contributed by atoms with E-state index in [1.54, 1.807) is 49.0 Å². The first-order chi connectivity index (χ1) is 18.7. The molecule has 3 aliphatic heterocycles. The molecule has 7 nitrogen and oxygen atoms in total. The van der Waals surface area contributed by atoms with Gasteiger partial charge in [0.2, 0.25) is 0 Å². The summed E-state index contributed by atoms with van der Waals surface area (Å²) in [5.41, 5.74) is 3.67. The van der Waals surface area contributed by atoms with Gasteiger partial charge in [-0.2, -0.15) is 5.10 Å². The highest BCUT2D eigenvalue weighted by Gasteiger charge is 2.43. The normalized spacial score (nSPS) is 20.9. The van der Waals surface area contributed by atoms with Crippen molar-refractivity contribution in [3.8, 4) is 0 Å². The second-order valence-electron chi connectivity index (χ2n) is 10.8. The van der Waals surface area contributed by atoms with Crippen LogP contribution < -0.4 is 5.32 Å². The van der Waals surface area contributed by atoms with Gasteiger partial charge in [-0.25, -0.2) is 4.39 Å². The molecule has 0 saturated heterocycles. The SMILES string of the molecule is Cc1cnn2c1C1=C(CCC2)SC(C(C)(O)N[C@@H](Cc2cccc(F)c2)CN2C(=O)c3ccccc3C2=O)C1. The summed E-state index contributed by atoms with van der Waals surface area (Å²) in [4.78, 5) is 28.8. The van der Waals surface area contributed by atoms with Crippen LogP contribution in [-0.2, 0) is 13.0 Å². The molecule has 6 rings (SSSR count). The fraction of sp³-hybridized carbons (Fsp3) is 0.367. The van der Waals surface area contributed by atoms with Crippen LogP contribution in [0.25, 0.3) is 5.57 Å². The van der Waals surface area contributed by atoms with Crippen LogP contribution in [0.1, 0.15) is 63.7 Å². The van der Waals surface area contributed by atoms with Crippen molar-refractivity contribution >= 4 is 29.1 Å². The van der Waals surface area contributed by atoms with Crippen molar-refractivity contribution in [3.05, 3.63) is 93.4 Å². The number of thioether (sulfide) groups is 1. The van der Waals surface area contributed by atoms with Crippen LogP contribution in [0.5, 0.6) is 0 Å². The highest BCUT2D eigenvalue weighted by molar-refractivity contribution is 8.04. The van der Waals surface area contributed by atoms with Gasteiger partial charge in [-0.05, 0) is 85.4 Å². The molecule has 0 spiro atoms. The van der Waals surface area contributed by atoms with Crippen LogP contribution in [0, 0.1) is 12.7 Å². The van der Waals surface area contributed by atoms with Crippen LogP contribution in [0.15, 0.2) is 59.6 Å². The Morgan fingerprint density at radius 3 is 2.64 bits per heavy atom. The number of imide groups is 1. The van der Waals surface area contributed by atoms with Gasteiger partial charge >= 0.3 is 0 Å². The van der Waals surface area contributed by atoms with E-state index < -0.39 is 11.8 Å². The summed E-state index contributed by atoms with van der Waals surface area (Å²) in [7, 11) is 0. The number of aliphatic hydroxyl groups is 1. The summed E-state index contributed by atoms with van der Waals surface area (Å²) in [6.07, 6.45) is 4.84. The number of rotatable bonds is 7. The fourth-order valence-corrected chi connectivity index (χ4v) is 7.48. The summed E-state index contributed by atoms with van der Waals surface area (Å²) in [5, 5.41) is 19.6. The second-order valence-corrected chi connectivity index (χ2v) is 12.1. The zero-order valence-electron chi connectivity index (χ0n) is 22.0. The van der Waals surface area contributed by atoms with Crippen LogP contribution in [-0.4, -0.2) is 55.2 Å². The number of halogens is 1. The molecule has 0 radical (unpaired) electrons. The molecule has 4 heterocycles. The predicted molar refractivity (Wildman–Crippen MR) is 149 cm³/mol. The molecule has 0 aliphatic carbocycles. The van der Waals surface area contributed by atoms with Crippen molar-refractivity contribution in [3.63, 3.8) is 0 Å². The number of nitrogens with zero attached hydrogens (tertiary/aromatic N) is 3. The minimum Gasteiger partial charge on any atom is -0.375 e. The summed E-state index contributed by atoms with van der Waals surface area (Å²) in [5.74, 6) is -1.06.